The summed E-state index contributed by atoms with van der Waals surface area (Å²) in [5.41, 5.74) is 0.779. The molecule has 27 heavy (non-hydrogen) atoms. The average molecular weight is 425 g/mol. The zero-order chi connectivity index (χ0) is 19.4. The predicted octanol–water partition coefficient (Wildman–Crippen LogP) is 5.05. The highest BCUT2D eigenvalue weighted by atomic mass is 35.5. The molecule has 0 unspecified atom stereocenters. The van der Waals surface area contributed by atoms with Crippen LogP contribution in [-0.2, 0) is 9.53 Å². The molecular weight excluding hydrogens is 414 g/mol. The van der Waals surface area contributed by atoms with Crippen LogP contribution in [0.5, 0.6) is 0 Å². The number of amides is 1. The maximum Gasteiger partial charge on any atom is 0.348 e. The summed E-state index contributed by atoms with van der Waals surface area (Å²) in [6, 6.07) is 10.7. The number of benzene rings is 1. The molecule has 138 valence electrons. The first-order valence-corrected chi connectivity index (χ1v) is 9.13. The Balaban J connectivity index is 1.57. The number of carbonyl (C=O) groups excluding carboxylic acids is 2. The fourth-order valence-electron chi connectivity index (χ4n) is 2.09. The van der Waals surface area contributed by atoms with Crippen molar-refractivity contribution in [1.29, 1.82) is 0 Å². The van der Waals surface area contributed by atoms with Gasteiger partial charge in [-0.15, -0.1) is 11.3 Å². The third-order valence-electron chi connectivity index (χ3n) is 3.34. The Bertz CT molecular complexity index is 993. The van der Waals surface area contributed by atoms with Crippen LogP contribution in [0.1, 0.15) is 9.67 Å². The van der Waals surface area contributed by atoms with Crippen molar-refractivity contribution >= 4 is 52.2 Å². The molecule has 1 amide bonds. The molecule has 0 aliphatic rings. The van der Waals surface area contributed by atoms with Gasteiger partial charge in [0.25, 0.3) is 5.91 Å². The van der Waals surface area contributed by atoms with Crippen molar-refractivity contribution in [3.05, 3.63) is 69.4 Å². The molecule has 9 heteroatoms. The molecule has 0 saturated heterocycles. The number of carbonyl (C=O) groups is 2. The normalized spacial score (nSPS) is 10.5. The van der Waals surface area contributed by atoms with Gasteiger partial charge >= 0.3 is 5.97 Å². The van der Waals surface area contributed by atoms with Crippen molar-refractivity contribution in [3.63, 3.8) is 0 Å². The van der Waals surface area contributed by atoms with Crippen molar-refractivity contribution in [2.75, 3.05) is 11.9 Å². The highest BCUT2D eigenvalue weighted by Gasteiger charge is 2.15. The molecule has 0 aliphatic carbocycles. The molecule has 0 aliphatic heterocycles. The molecule has 0 radical (unpaired) electrons. The van der Waals surface area contributed by atoms with Crippen LogP contribution < -0.4 is 5.32 Å². The second-order valence-electron chi connectivity index (χ2n) is 5.28. The summed E-state index contributed by atoms with van der Waals surface area (Å²) in [7, 11) is 0. The van der Waals surface area contributed by atoms with E-state index in [0.29, 0.717) is 9.90 Å². The number of aromatic nitrogens is 1. The number of ether oxygens (including phenoxy) is 1. The van der Waals surface area contributed by atoms with E-state index in [1.165, 1.54) is 35.7 Å². The highest BCUT2D eigenvalue weighted by Crippen LogP contribution is 2.28. The third kappa shape index (κ3) is 5.03. The Hall–Kier alpha value is -2.48. The van der Waals surface area contributed by atoms with Crippen molar-refractivity contribution in [3.8, 4) is 10.4 Å². The average Bonchev–Trinajstić information content (AvgIpc) is 3.13. The van der Waals surface area contributed by atoms with Gasteiger partial charge in [0.2, 0.25) is 0 Å². The quantitative estimate of drug-likeness (QED) is 0.581. The SMILES string of the molecule is O=C(COC(=O)c1ccc(-c2ccc(F)cc2)s1)Nc1ncc(Cl)cc1Cl. The molecule has 2 heterocycles. The lowest BCUT2D eigenvalue weighted by atomic mass is 10.2. The van der Waals surface area contributed by atoms with E-state index in [0.717, 1.165) is 10.4 Å². The summed E-state index contributed by atoms with van der Waals surface area (Å²) in [6.07, 6.45) is 1.33. The van der Waals surface area contributed by atoms with E-state index >= 15 is 0 Å². The third-order valence-corrected chi connectivity index (χ3v) is 4.95. The second-order valence-corrected chi connectivity index (χ2v) is 7.21. The van der Waals surface area contributed by atoms with Gasteiger partial charge in [-0.25, -0.2) is 14.2 Å². The summed E-state index contributed by atoms with van der Waals surface area (Å²) in [4.78, 5) is 29.0. The smallest absolute Gasteiger partial charge is 0.348 e. The van der Waals surface area contributed by atoms with Gasteiger partial charge in [-0.05, 0) is 35.9 Å². The summed E-state index contributed by atoms with van der Waals surface area (Å²) in [5.74, 6) is -1.44. The Morgan fingerprint density at radius 2 is 1.89 bits per heavy atom. The first kappa shape index (κ1) is 19.3. The van der Waals surface area contributed by atoms with Gasteiger partial charge in [0.15, 0.2) is 12.4 Å². The van der Waals surface area contributed by atoms with E-state index in [-0.39, 0.29) is 16.7 Å². The molecule has 0 spiro atoms. The van der Waals surface area contributed by atoms with E-state index in [2.05, 4.69) is 10.3 Å². The maximum absolute atomic E-state index is 13.0. The topological polar surface area (TPSA) is 68.3 Å². The molecule has 0 fully saturated rings. The number of anilines is 1. The predicted molar refractivity (Wildman–Crippen MR) is 103 cm³/mol. The van der Waals surface area contributed by atoms with E-state index < -0.39 is 18.5 Å². The van der Waals surface area contributed by atoms with Crippen LogP contribution in [0.25, 0.3) is 10.4 Å². The molecule has 3 rings (SSSR count). The van der Waals surface area contributed by atoms with E-state index in [1.54, 1.807) is 24.3 Å². The van der Waals surface area contributed by atoms with E-state index in [9.17, 15) is 14.0 Å². The molecule has 0 saturated carbocycles. The molecule has 0 bridgehead atoms. The number of nitrogens with one attached hydrogen (secondary N) is 1. The number of esters is 1. The lowest BCUT2D eigenvalue weighted by molar-refractivity contribution is -0.119. The Morgan fingerprint density at radius 3 is 2.59 bits per heavy atom. The van der Waals surface area contributed by atoms with Crippen molar-refractivity contribution in [2.45, 2.75) is 0 Å². The molecule has 1 aromatic carbocycles. The van der Waals surface area contributed by atoms with Crippen LogP contribution in [0.3, 0.4) is 0 Å². The van der Waals surface area contributed by atoms with E-state index in [1.807, 2.05) is 0 Å². The van der Waals surface area contributed by atoms with Gasteiger partial charge in [-0.2, -0.15) is 0 Å². The Morgan fingerprint density at radius 1 is 1.15 bits per heavy atom. The van der Waals surface area contributed by atoms with Gasteiger partial charge < -0.3 is 10.1 Å². The molecule has 3 aromatic rings. The van der Waals surface area contributed by atoms with Gasteiger partial charge in [0.1, 0.15) is 10.7 Å². The van der Waals surface area contributed by atoms with Crippen molar-refractivity contribution < 1.29 is 18.7 Å². The minimum atomic E-state index is -0.640. The number of hydrogen-bond donors (Lipinski definition) is 1. The van der Waals surface area contributed by atoms with E-state index in [4.69, 9.17) is 27.9 Å². The van der Waals surface area contributed by atoms with Crippen LogP contribution in [0.4, 0.5) is 10.2 Å². The largest absolute Gasteiger partial charge is 0.451 e. The van der Waals surface area contributed by atoms with Crippen LogP contribution >= 0.6 is 34.5 Å². The Labute approximate surface area is 167 Å². The van der Waals surface area contributed by atoms with Gasteiger partial charge in [-0.1, -0.05) is 35.3 Å². The van der Waals surface area contributed by atoms with Gasteiger partial charge in [-0.3, -0.25) is 4.79 Å². The van der Waals surface area contributed by atoms with Crippen molar-refractivity contribution in [1.82, 2.24) is 4.98 Å². The molecule has 1 N–H and O–H groups in total. The van der Waals surface area contributed by atoms with Crippen LogP contribution in [0, 0.1) is 5.82 Å². The molecular formula is C18H11Cl2FN2O3S. The van der Waals surface area contributed by atoms with Crippen molar-refractivity contribution in [2.24, 2.45) is 0 Å². The summed E-state index contributed by atoms with van der Waals surface area (Å²) < 4.78 is 18.0. The fraction of sp³-hybridized carbons (Fsp3) is 0.0556. The zero-order valence-electron chi connectivity index (χ0n) is 13.5. The number of halogens is 3. The maximum atomic E-state index is 13.0. The summed E-state index contributed by atoms with van der Waals surface area (Å²) in [6.45, 7) is -0.497. The fourth-order valence-corrected chi connectivity index (χ4v) is 3.43. The highest BCUT2D eigenvalue weighted by molar-refractivity contribution is 7.17. The minimum absolute atomic E-state index is 0.122. The summed E-state index contributed by atoms with van der Waals surface area (Å²) in [5, 5.41) is 2.93. The minimum Gasteiger partial charge on any atom is -0.451 e. The number of nitrogens with zero attached hydrogens (tertiary/aromatic N) is 1. The number of rotatable bonds is 5. The molecule has 2 aromatic heterocycles. The summed E-state index contributed by atoms with van der Waals surface area (Å²) >= 11 is 12.8. The lowest BCUT2D eigenvalue weighted by Crippen LogP contribution is -2.21. The number of pyridine rings is 1. The first-order chi connectivity index (χ1) is 12.9. The molecule has 5 nitrogen and oxygen atoms in total. The van der Waals surface area contributed by atoms with Gasteiger partial charge in [0.05, 0.1) is 10.0 Å². The first-order valence-electron chi connectivity index (χ1n) is 7.56. The number of hydrogen-bond acceptors (Lipinski definition) is 5. The lowest BCUT2D eigenvalue weighted by Gasteiger charge is -2.06. The van der Waals surface area contributed by atoms with Crippen LogP contribution in [0.2, 0.25) is 10.0 Å². The second kappa shape index (κ2) is 8.47. The Kier molecular flexibility index (Phi) is 6.05. The monoisotopic (exact) mass is 424 g/mol. The number of thiophene rings is 1. The van der Waals surface area contributed by atoms with Crippen LogP contribution in [0.15, 0.2) is 48.7 Å². The zero-order valence-corrected chi connectivity index (χ0v) is 15.9. The molecule has 0 atom stereocenters. The standard InChI is InChI=1S/C18H11Cl2FN2O3S/c19-11-7-13(20)17(22-8-11)23-16(24)9-26-18(25)15-6-5-14(27-15)10-1-3-12(21)4-2-10/h1-8H,9H2,(H,22,23,24). The van der Waals surface area contributed by atoms with Gasteiger partial charge in [0, 0.05) is 11.1 Å². The van der Waals surface area contributed by atoms with Crippen LogP contribution in [-0.4, -0.2) is 23.5 Å².